The van der Waals surface area contributed by atoms with Crippen molar-refractivity contribution in [3.63, 3.8) is 0 Å². The van der Waals surface area contributed by atoms with Crippen LogP contribution >= 0.6 is 0 Å². The lowest BCUT2D eigenvalue weighted by molar-refractivity contribution is 0.0320. The predicted molar refractivity (Wildman–Crippen MR) is 102 cm³/mol. The predicted octanol–water partition coefficient (Wildman–Crippen LogP) is 4.53. The molecule has 4 heteroatoms. The zero-order chi connectivity index (χ0) is 18.7. The summed E-state index contributed by atoms with van der Waals surface area (Å²) >= 11 is 0. The average Bonchev–Trinajstić information content (AvgIpc) is 2.67. The minimum absolute atomic E-state index is 0.217. The van der Waals surface area contributed by atoms with Crippen molar-refractivity contribution in [2.75, 3.05) is 0 Å². The van der Waals surface area contributed by atoms with Crippen molar-refractivity contribution in [3.8, 4) is 0 Å². The van der Waals surface area contributed by atoms with Gasteiger partial charge in [-0.2, -0.15) is 0 Å². The summed E-state index contributed by atoms with van der Waals surface area (Å²) in [6, 6.07) is 16.3. The van der Waals surface area contributed by atoms with Crippen LogP contribution in [0.3, 0.4) is 0 Å². The molecule has 1 atom stereocenters. The first-order chi connectivity index (χ1) is 12.5. The SMILES string of the molecule is CCc1nc2ccccc2c(C(=O)OC(C)C(=O)c2ccccc2)c1C. The number of aromatic nitrogens is 1. The summed E-state index contributed by atoms with van der Waals surface area (Å²) in [6.45, 7) is 5.48. The van der Waals surface area contributed by atoms with E-state index in [1.165, 1.54) is 0 Å². The van der Waals surface area contributed by atoms with E-state index < -0.39 is 12.1 Å². The van der Waals surface area contributed by atoms with Crippen molar-refractivity contribution in [1.29, 1.82) is 0 Å². The molecule has 0 aliphatic carbocycles. The van der Waals surface area contributed by atoms with Gasteiger partial charge in [0.1, 0.15) is 0 Å². The number of pyridine rings is 1. The van der Waals surface area contributed by atoms with Gasteiger partial charge in [0.15, 0.2) is 6.10 Å². The maximum Gasteiger partial charge on any atom is 0.339 e. The fraction of sp³-hybridized carbons (Fsp3) is 0.227. The number of hydrogen-bond donors (Lipinski definition) is 0. The summed E-state index contributed by atoms with van der Waals surface area (Å²) in [7, 11) is 0. The Bertz CT molecular complexity index is 964. The summed E-state index contributed by atoms with van der Waals surface area (Å²) in [5, 5.41) is 0.742. The van der Waals surface area contributed by atoms with E-state index in [4.69, 9.17) is 4.74 Å². The van der Waals surface area contributed by atoms with Crippen LogP contribution in [-0.4, -0.2) is 22.8 Å². The number of aryl methyl sites for hydroxylation is 1. The number of carbonyl (C=O) groups excluding carboxylic acids is 2. The van der Waals surface area contributed by atoms with Crippen LogP contribution in [0.4, 0.5) is 0 Å². The fourth-order valence-corrected chi connectivity index (χ4v) is 3.08. The number of fused-ring (bicyclic) bond motifs is 1. The Kier molecular flexibility index (Phi) is 5.12. The Labute approximate surface area is 152 Å². The third-order valence-electron chi connectivity index (χ3n) is 4.49. The molecular weight excluding hydrogens is 326 g/mol. The van der Waals surface area contributed by atoms with E-state index in [-0.39, 0.29) is 5.78 Å². The summed E-state index contributed by atoms with van der Waals surface area (Å²) < 4.78 is 5.52. The molecule has 1 aromatic heterocycles. The lowest BCUT2D eigenvalue weighted by atomic mass is 10.00. The molecule has 0 aliphatic rings. The highest BCUT2D eigenvalue weighted by Gasteiger charge is 2.24. The Balaban J connectivity index is 1.95. The topological polar surface area (TPSA) is 56.3 Å². The Morgan fingerprint density at radius 3 is 2.38 bits per heavy atom. The Morgan fingerprint density at radius 1 is 1.04 bits per heavy atom. The van der Waals surface area contributed by atoms with Crippen LogP contribution in [0, 0.1) is 6.92 Å². The van der Waals surface area contributed by atoms with E-state index in [2.05, 4.69) is 4.98 Å². The van der Waals surface area contributed by atoms with E-state index >= 15 is 0 Å². The second-order valence-electron chi connectivity index (χ2n) is 6.21. The lowest BCUT2D eigenvalue weighted by Crippen LogP contribution is -2.25. The van der Waals surface area contributed by atoms with E-state index in [1.807, 2.05) is 44.2 Å². The number of ketones is 1. The summed E-state index contributed by atoms with van der Waals surface area (Å²) in [4.78, 5) is 30.0. The van der Waals surface area contributed by atoms with Gasteiger partial charge in [0.25, 0.3) is 0 Å². The van der Waals surface area contributed by atoms with Gasteiger partial charge in [-0.25, -0.2) is 4.79 Å². The fourth-order valence-electron chi connectivity index (χ4n) is 3.08. The first-order valence-electron chi connectivity index (χ1n) is 8.71. The maximum atomic E-state index is 12.9. The monoisotopic (exact) mass is 347 g/mol. The average molecular weight is 347 g/mol. The molecule has 0 saturated heterocycles. The second kappa shape index (κ2) is 7.48. The van der Waals surface area contributed by atoms with Crippen LogP contribution < -0.4 is 0 Å². The zero-order valence-corrected chi connectivity index (χ0v) is 15.2. The minimum Gasteiger partial charge on any atom is -0.451 e. The number of para-hydroxylation sites is 1. The number of benzene rings is 2. The van der Waals surface area contributed by atoms with Gasteiger partial charge in [-0.05, 0) is 31.9 Å². The highest BCUT2D eigenvalue weighted by molar-refractivity contribution is 6.07. The number of nitrogens with zero attached hydrogens (tertiary/aromatic N) is 1. The largest absolute Gasteiger partial charge is 0.451 e. The highest BCUT2D eigenvalue weighted by atomic mass is 16.5. The van der Waals surface area contributed by atoms with E-state index in [0.29, 0.717) is 11.1 Å². The smallest absolute Gasteiger partial charge is 0.339 e. The van der Waals surface area contributed by atoms with Crippen LogP contribution in [0.2, 0.25) is 0 Å². The van der Waals surface area contributed by atoms with Crippen LogP contribution in [0.15, 0.2) is 54.6 Å². The molecular formula is C22H21NO3. The third kappa shape index (κ3) is 3.36. The van der Waals surface area contributed by atoms with Crippen LogP contribution in [-0.2, 0) is 11.2 Å². The highest BCUT2D eigenvalue weighted by Crippen LogP contribution is 2.25. The molecule has 26 heavy (non-hydrogen) atoms. The molecule has 0 amide bonds. The van der Waals surface area contributed by atoms with Gasteiger partial charge in [-0.1, -0.05) is 55.5 Å². The third-order valence-corrected chi connectivity index (χ3v) is 4.49. The second-order valence-corrected chi connectivity index (χ2v) is 6.21. The van der Waals surface area contributed by atoms with Crippen molar-refractivity contribution in [2.24, 2.45) is 0 Å². The molecule has 4 nitrogen and oxygen atoms in total. The first-order valence-corrected chi connectivity index (χ1v) is 8.71. The Hall–Kier alpha value is -3.01. The molecule has 0 aliphatic heterocycles. The standard InChI is InChI=1S/C22H21NO3/c1-4-18-14(2)20(17-12-8-9-13-19(17)23-18)22(25)26-15(3)21(24)16-10-6-5-7-11-16/h5-13,15H,4H2,1-3H3. The normalized spacial score (nSPS) is 12.0. The van der Waals surface area contributed by atoms with Gasteiger partial charge in [0.2, 0.25) is 5.78 Å². The van der Waals surface area contributed by atoms with E-state index in [1.54, 1.807) is 31.2 Å². The number of hydrogen-bond acceptors (Lipinski definition) is 4. The molecule has 0 N–H and O–H groups in total. The van der Waals surface area contributed by atoms with Gasteiger partial charge in [-0.3, -0.25) is 9.78 Å². The maximum absolute atomic E-state index is 12.9. The molecule has 0 spiro atoms. The van der Waals surface area contributed by atoms with Crippen molar-refractivity contribution in [1.82, 2.24) is 4.98 Å². The number of ether oxygens (including phenoxy) is 1. The molecule has 132 valence electrons. The van der Waals surface area contributed by atoms with Crippen molar-refractivity contribution < 1.29 is 14.3 Å². The van der Waals surface area contributed by atoms with Gasteiger partial charge in [-0.15, -0.1) is 0 Å². The van der Waals surface area contributed by atoms with Crippen LogP contribution in [0.25, 0.3) is 10.9 Å². The number of esters is 1. The summed E-state index contributed by atoms with van der Waals surface area (Å²) in [5.74, 6) is -0.710. The van der Waals surface area contributed by atoms with Crippen molar-refractivity contribution in [2.45, 2.75) is 33.3 Å². The van der Waals surface area contributed by atoms with Gasteiger partial charge in [0, 0.05) is 16.6 Å². The molecule has 3 aromatic rings. The lowest BCUT2D eigenvalue weighted by Gasteiger charge is -2.16. The molecule has 0 fully saturated rings. The number of Topliss-reactive ketones (excluding diaryl/α,β-unsaturated/α-hetero) is 1. The molecule has 3 rings (SSSR count). The number of rotatable bonds is 5. The first kappa shape index (κ1) is 17.8. The minimum atomic E-state index is -0.860. The van der Waals surface area contributed by atoms with Gasteiger partial charge < -0.3 is 4.74 Å². The molecule has 0 saturated carbocycles. The van der Waals surface area contributed by atoms with Gasteiger partial charge in [0.05, 0.1) is 11.1 Å². The van der Waals surface area contributed by atoms with Crippen LogP contribution in [0.5, 0.6) is 0 Å². The zero-order valence-electron chi connectivity index (χ0n) is 15.2. The quantitative estimate of drug-likeness (QED) is 0.502. The molecule has 0 bridgehead atoms. The molecule has 1 heterocycles. The molecule has 1 unspecified atom stereocenters. The molecule has 2 aromatic carbocycles. The molecule has 0 radical (unpaired) electrons. The van der Waals surface area contributed by atoms with Crippen LogP contribution in [0.1, 0.15) is 45.8 Å². The number of carbonyl (C=O) groups is 2. The van der Waals surface area contributed by atoms with E-state index in [0.717, 1.165) is 28.6 Å². The summed E-state index contributed by atoms with van der Waals surface area (Å²) in [5.41, 5.74) is 3.43. The Morgan fingerprint density at radius 2 is 1.69 bits per heavy atom. The van der Waals surface area contributed by atoms with Gasteiger partial charge >= 0.3 is 5.97 Å². The van der Waals surface area contributed by atoms with Crippen molar-refractivity contribution in [3.05, 3.63) is 77.0 Å². The van der Waals surface area contributed by atoms with E-state index in [9.17, 15) is 9.59 Å². The van der Waals surface area contributed by atoms with Crippen molar-refractivity contribution >= 4 is 22.7 Å². The summed E-state index contributed by atoms with van der Waals surface area (Å²) in [6.07, 6.45) is -0.142.